The van der Waals surface area contributed by atoms with Crippen LogP contribution in [0.1, 0.15) is 272 Å². The van der Waals surface area contributed by atoms with Gasteiger partial charge in [0.2, 0.25) is 0 Å². The van der Waals surface area contributed by atoms with Crippen LogP contribution in [0.15, 0.2) is 0 Å². The van der Waals surface area contributed by atoms with Crippen LogP contribution in [-0.2, 0) is 42.9 Å². The number of carbonyl (C=O) groups excluding carboxylic acids is 4. The van der Waals surface area contributed by atoms with Gasteiger partial charge in [0.05, 0.1) is 24.4 Å². The van der Waals surface area contributed by atoms with Crippen molar-refractivity contribution in [2.75, 3.05) is 13.2 Å². The van der Waals surface area contributed by atoms with Gasteiger partial charge in [-0.05, 0) is 64.2 Å². The molecule has 6 atom stereocenters. The monoisotopic (exact) mass is 925 g/mol. The summed E-state index contributed by atoms with van der Waals surface area (Å²) in [6.07, 6.45) is 32.6. The summed E-state index contributed by atoms with van der Waals surface area (Å²) in [5.41, 5.74) is 0. The highest BCUT2D eigenvalue weighted by Gasteiger charge is 2.41. The second-order valence-electron chi connectivity index (χ2n) is 19.1. The van der Waals surface area contributed by atoms with Gasteiger partial charge in [0.15, 0.2) is 0 Å². The van der Waals surface area contributed by atoms with E-state index in [1.54, 1.807) is 0 Å². The molecule has 0 spiro atoms. The van der Waals surface area contributed by atoms with E-state index < -0.39 is 24.4 Å². The van der Waals surface area contributed by atoms with Crippen molar-refractivity contribution in [2.45, 2.75) is 308 Å². The lowest BCUT2D eigenvalue weighted by Crippen LogP contribution is -2.32. The number of rotatable bonds is 48. The molecule has 1 aliphatic rings. The number of hydrogen-bond acceptors (Lipinski definition) is 11. The Morgan fingerprint density at radius 3 is 1.17 bits per heavy atom. The minimum Gasteiger partial charge on any atom is -0.462 e. The molecular formula is C54H100O11. The maximum absolute atomic E-state index is 12.7. The third-order valence-electron chi connectivity index (χ3n) is 12.8. The largest absolute Gasteiger partial charge is 0.462 e. The first-order valence-corrected chi connectivity index (χ1v) is 27.4. The van der Waals surface area contributed by atoms with Crippen molar-refractivity contribution in [1.82, 2.24) is 0 Å². The molecule has 0 saturated carbocycles. The molecule has 0 radical (unpaired) electrons. The third kappa shape index (κ3) is 36.5. The van der Waals surface area contributed by atoms with E-state index in [4.69, 9.17) is 23.7 Å². The zero-order valence-corrected chi connectivity index (χ0v) is 42.3. The van der Waals surface area contributed by atoms with Crippen molar-refractivity contribution < 1.29 is 53.1 Å². The molecular weight excluding hydrogens is 825 g/mol. The topological polar surface area (TPSA) is 158 Å². The van der Waals surface area contributed by atoms with Gasteiger partial charge in [0, 0.05) is 32.1 Å². The Kier molecular flexibility index (Phi) is 40.3. The summed E-state index contributed by atoms with van der Waals surface area (Å²) in [5, 5.41) is 22.0. The molecule has 6 unspecified atom stereocenters. The number of aliphatic hydroxyl groups is 2. The van der Waals surface area contributed by atoms with Crippen LogP contribution in [0.3, 0.4) is 0 Å². The Labute approximate surface area is 397 Å². The van der Waals surface area contributed by atoms with Gasteiger partial charge >= 0.3 is 23.9 Å². The number of hydrogen-bond donors (Lipinski definition) is 2. The van der Waals surface area contributed by atoms with Crippen LogP contribution in [0.5, 0.6) is 0 Å². The van der Waals surface area contributed by atoms with Crippen LogP contribution in [0, 0.1) is 0 Å². The van der Waals surface area contributed by atoms with Crippen molar-refractivity contribution in [3.63, 3.8) is 0 Å². The lowest BCUT2D eigenvalue weighted by atomic mass is 9.99. The van der Waals surface area contributed by atoms with Gasteiger partial charge in [-0.3, -0.25) is 19.2 Å². The Morgan fingerprint density at radius 2 is 0.738 bits per heavy atom. The lowest BCUT2D eigenvalue weighted by Gasteiger charge is -2.23. The number of carbonyl (C=O) groups is 4. The summed E-state index contributed by atoms with van der Waals surface area (Å²) in [7, 11) is 0. The summed E-state index contributed by atoms with van der Waals surface area (Å²) < 4.78 is 28.0. The first kappa shape index (κ1) is 60.8. The standard InChI is InChI=1S/C54H100O11/c1-5-9-13-16-22-28-35-47(64-53(59)40-32-19-14-10-6-2)45(55)34-27-21-17-24-30-38-51(57)61-42-43-62-52(58)39-31-25-18-23-29-36-48(65-54(60)41-33-20-15-11-7-3)46(56)44-50-49(63-50)37-26-12-8-4/h45-50,55-56H,5-44H2,1-4H3. The average molecular weight is 925 g/mol. The van der Waals surface area contributed by atoms with Gasteiger partial charge in [0.25, 0.3) is 0 Å². The van der Waals surface area contributed by atoms with Gasteiger partial charge in [-0.15, -0.1) is 0 Å². The predicted octanol–water partition coefficient (Wildman–Crippen LogP) is 13.3. The van der Waals surface area contributed by atoms with Gasteiger partial charge < -0.3 is 33.9 Å². The van der Waals surface area contributed by atoms with Crippen molar-refractivity contribution in [3.8, 4) is 0 Å². The van der Waals surface area contributed by atoms with Gasteiger partial charge in [-0.2, -0.15) is 0 Å². The Bertz CT molecular complexity index is 1150. The quantitative estimate of drug-likeness (QED) is 0.0259. The third-order valence-corrected chi connectivity index (χ3v) is 12.8. The van der Waals surface area contributed by atoms with E-state index in [0.29, 0.717) is 57.8 Å². The minimum absolute atomic E-state index is 0.0492. The first-order valence-electron chi connectivity index (χ1n) is 27.4. The summed E-state index contributed by atoms with van der Waals surface area (Å²) in [6, 6.07) is 0. The maximum atomic E-state index is 12.7. The molecule has 1 heterocycles. The molecule has 1 fully saturated rings. The van der Waals surface area contributed by atoms with Crippen molar-refractivity contribution >= 4 is 23.9 Å². The predicted molar refractivity (Wildman–Crippen MR) is 260 cm³/mol. The SMILES string of the molecule is CCCCCCCCC(OC(=O)CCCCCCC)C(O)CCCCCCCC(=O)OCCOC(=O)CCCCCCCC(OC(=O)CCCCCCC)C(O)CC1OC1CCCCC. The van der Waals surface area contributed by atoms with E-state index in [9.17, 15) is 29.4 Å². The highest BCUT2D eigenvalue weighted by Crippen LogP contribution is 2.33. The van der Waals surface area contributed by atoms with Crippen molar-refractivity contribution in [1.29, 1.82) is 0 Å². The molecule has 0 aromatic carbocycles. The zero-order chi connectivity index (χ0) is 47.6. The number of epoxide rings is 1. The highest BCUT2D eigenvalue weighted by molar-refractivity contribution is 5.70. The number of esters is 4. The second kappa shape index (κ2) is 43.1. The van der Waals surface area contributed by atoms with Crippen LogP contribution in [-0.4, -0.2) is 83.9 Å². The maximum Gasteiger partial charge on any atom is 0.306 e. The Morgan fingerprint density at radius 1 is 0.400 bits per heavy atom. The lowest BCUT2D eigenvalue weighted by molar-refractivity contribution is -0.157. The van der Waals surface area contributed by atoms with Crippen LogP contribution < -0.4 is 0 Å². The fraction of sp³-hybridized carbons (Fsp3) is 0.926. The Hall–Kier alpha value is -2.24. The summed E-state index contributed by atoms with van der Waals surface area (Å²) in [5.74, 6) is -0.995. The molecule has 382 valence electrons. The van der Waals surface area contributed by atoms with Crippen LogP contribution >= 0.6 is 0 Å². The summed E-state index contributed by atoms with van der Waals surface area (Å²) in [6.45, 7) is 8.84. The molecule has 0 aromatic heterocycles. The molecule has 1 aliphatic heterocycles. The van der Waals surface area contributed by atoms with Crippen LogP contribution in [0.4, 0.5) is 0 Å². The highest BCUT2D eigenvalue weighted by atomic mass is 16.6. The average Bonchev–Trinajstić information content (AvgIpc) is 4.03. The van der Waals surface area contributed by atoms with Gasteiger partial charge in [-0.1, -0.05) is 175 Å². The smallest absolute Gasteiger partial charge is 0.306 e. The fourth-order valence-electron chi connectivity index (χ4n) is 8.55. The normalized spacial score (nSPS) is 16.4. The van der Waals surface area contributed by atoms with Crippen LogP contribution in [0.25, 0.3) is 0 Å². The van der Waals surface area contributed by atoms with Crippen molar-refractivity contribution in [3.05, 3.63) is 0 Å². The molecule has 0 bridgehead atoms. The molecule has 0 aliphatic carbocycles. The molecule has 1 rings (SSSR count). The van der Waals surface area contributed by atoms with Gasteiger partial charge in [-0.25, -0.2) is 0 Å². The molecule has 11 heteroatoms. The molecule has 0 aromatic rings. The number of aliphatic hydroxyl groups excluding tert-OH is 2. The van der Waals surface area contributed by atoms with Gasteiger partial charge in [0.1, 0.15) is 25.4 Å². The minimum atomic E-state index is -0.731. The van der Waals surface area contributed by atoms with Crippen LogP contribution in [0.2, 0.25) is 0 Å². The molecule has 1 saturated heterocycles. The van der Waals surface area contributed by atoms with Crippen molar-refractivity contribution in [2.24, 2.45) is 0 Å². The first-order chi connectivity index (χ1) is 31.6. The van der Waals surface area contributed by atoms with E-state index >= 15 is 0 Å². The van der Waals surface area contributed by atoms with E-state index in [-0.39, 0.29) is 49.3 Å². The number of unbranched alkanes of at least 4 members (excludes halogenated alkanes) is 23. The fourth-order valence-corrected chi connectivity index (χ4v) is 8.55. The molecule has 11 nitrogen and oxygen atoms in total. The van der Waals surface area contributed by atoms with E-state index in [2.05, 4.69) is 27.7 Å². The number of ether oxygens (including phenoxy) is 5. The van der Waals surface area contributed by atoms with E-state index in [0.717, 1.165) is 128 Å². The second-order valence-corrected chi connectivity index (χ2v) is 19.1. The molecule has 65 heavy (non-hydrogen) atoms. The zero-order valence-electron chi connectivity index (χ0n) is 42.3. The summed E-state index contributed by atoms with van der Waals surface area (Å²) in [4.78, 5) is 49.7. The summed E-state index contributed by atoms with van der Waals surface area (Å²) >= 11 is 0. The molecule has 0 amide bonds. The molecule has 2 N–H and O–H groups in total. The Balaban J connectivity index is 2.20. The van der Waals surface area contributed by atoms with E-state index in [1.165, 1.54) is 57.8 Å². The van der Waals surface area contributed by atoms with E-state index in [1.807, 2.05) is 0 Å².